The molecule has 3 heteroatoms. The van der Waals surface area contributed by atoms with Gasteiger partial charge in [-0.2, -0.15) is 0 Å². The second kappa shape index (κ2) is 3.96. The summed E-state index contributed by atoms with van der Waals surface area (Å²) in [5.41, 5.74) is 0. The number of rotatable bonds is 4. The first-order valence-electron chi connectivity index (χ1n) is 3.54. The molecular formula is C7H11BrO2. The lowest BCUT2D eigenvalue weighted by atomic mass is 10.3. The maximum atomic E-state index is 10.8. The van der Waals surface area contributed by atoms with Crippen LogP contribution in [-0.4, -0.2) is 17.9 Å². The van der Waals surface area contributed by atoms with Crippen LogP contribution in [0.25, 0.3) is 0 Å². The maximum Gasteiger partial charge on any atom is 0.306 e. The molecule has 0 aromatic carbocycles. The summed E-state index contributed by atoms with van der Waals surface area (Å²) in [5, 5.41) is 0.739. The number of carbonyl (C=O) groups excluding carboxylic acids is 1. The van der Waals surface area contributed by atoms with E-state index >= 15 is 0 Å². The van der Waals surface area contributed by atoms with Gasteiger partial charge in [-0.3, -0.25) is 4.79 Å². The van der Waals surface area contributed by atoms with Crippen molar-refractivity contribution in [2.24, 2.45) is 5.92 Å². The molecule has 0 unspecified atom stereocenters. The van der Waals surface area contributed by atoms with Crippen molar-refractivity contribution in [1.29, 1.82) is 0 Å². The Kier molecular flexibility index (Phi) is 3.19. The van der Waals surface area contributed by atoms with Crippen LogP contribution in [0.4, 0.5) is 0 Å². The van der Waals surface area contributed by atoms with Crippen LogP contribution in [0.2, 0.25) is 0 Å². The number of hydrogen-bond donors (Lipinski definition) is 0. The molecule has 1 rings (SSSR count). The molecular weight excluding hydrogens is 196 g/mol. The van der Waals surface area contributed by atoms with Gasteiger partial charge in [-0.15, -0.1) is 0 Å². The van der Waals surface area contributed by atoms with Crippen LogP contribution >= 0.6 is 15.9 Å². The van der Waals surface area contributed by atoms with E-state index in [-0.39, 0.29) is 5.97 Å². The fourth-order valence-corrected chi connectivity index (χ4v) is 0.931. The van der Waals surface area contributed by atoms with E-state index < -0.39 is 0 Å². The van der Waals surface area contributed by atoms with Crippen molar-refractivity contribution in [2.75, 3.05) is 11.9 Å². The predicted octanol–water partition coefficient (Wildman–Crippen LogP) is 1.72. The van der Waals surface area contributed by atoms with Crippen molar-refractivity contribution in [2.45, 2.75) is 19.3 Å². The molecule has 0 atom stereocenters. The lowest BCUT2D eigenvalue weighted by Crippen LogP contribution is -2.06. The smallest absolute Gasteiger partial charge is 0.306 e. The van der Waals surface area contributed by atoms with Crippen LogP contribution in [0.3, 0.4) is 0 Å². The number of carbonyl (C=O) groups is 1. The highest BCUT2D eigenvalue weighted by atomic mass is 79.9. The van der Waals surface area contributed by atoms with Gasteiger partial charge in [0.2, 0.25) is 0 Å². The van der Waals surface area contributed by atoms with Crippen molar-refractivity contribution in [1.82, 2.24) is 0 Å². The maximum absolute atomic E-state index is 10.8. The van der Waals surface area contributed by atoms with E-state index in [1.165, 1.54) is 12.8 Å². The average Bonchev–Trinajstić information content (AvgIpc) is 2.67. The summed E-state index contributed by atoms with van der Waals surface area (Å²) in [6.45, 7) is 0.506. The summed E-state index contributed by atoms with van der Waals surface area (Å²) in [6.07, 6.45) is 3.06. The normalized spacial score (nSPS) is 16.9. The van der Waals surface area contributed by atoms with E-state index in [1.54, 1.807) is 0 Å². The average molecular weight is 207 g/mol. The second-order valence-electron chi connectivity index (χ2n) is 2.56. The zero-order chi connectivity index (χ0) is 7.40. The zero-order valence-corrected chi connectivity index (χ0v) is 7.39. The largest absolute Gasteiger partial charge is 0.465 e. The quantitative estimate of drug-likeness (QED) is 0.518. The zero-order valence-electron chi connectivity index (χ0n) is 5.81. The molecule has 0 N–H and O–H groups in total. The first kappa shape index (κ1) is 8.05. The molecule has 0 aliphatic heterocycles. The third-order valence-corrected chi connectivity index (χ3v) is 1.82. The van der Waals surface area contributed by atoms with E-state index in [9.17, 15) is 4.79 Å². The van der Waals surface area contributed by atoms with Crippen LogP contribution in [-0.2, 0) is 9.53 Å². The molecule has 1 fully saturated rings. The van der Waals surface area contributed by atoms with Crippen molar-refractivity contribution in [3.05, 3.63) is 0 Å². The van der Waals surface area contributed by atoms with Gasteiger partial charge in [0.05, 0.1) is 0 Å². The Morgan fingerprint density at radius 3 is 2.80 bits per heavy atom. The number of ether oxygens (including phenoxy) is 1. The van der Waals surface area contributed by atoms with Gasteiger partial charge in [0.25, 0.3) is 0 Å². The van der Waals surface area contributed by atoms with E-state index in [0.717, 1.165) is 5.33 Å². The molecule has 0 amide bonds. The van der Waals surface area contributed by atoms with Crippen molar-refractivity contribution < 1.29 is 9.53 Å². The SMILES string of the molecule is O=C(CC1CC1)OCCBr. The van der Waals surface area contributed by atoms with Crippen LogP contribution < -0.4 is 0 Å². The van der Waals surface area contributed by atoms with E-state index in [2.05, 4.69) is 15.9 Å². The van der Waals surface area contributed by atoms with E-state index in [4.69, 9.17) is 4.74 Å². The Balaban J connectivity index is 1.97. The summed E-state index contributed by atoms with van der Waals surface area (Å²) in [5.74, 6) is 0.602. The van der Waals surface area contributed by atoms with Gasteiger partial charge in [-0.1, -0.05) is 15.9 Å². The molecule has 0 radical (unpaired) electrons. The molecule has 0 aromatic rings. The third-order valence-electron chi connectivity index (χ3n) is 1.49. The van der Waals surface area contributed by atoms with Crippen LogP contribution in [0.5, 0.6) is 0 Å². The lowest BCUT2D eigenvalue weighted by Gasteiger charge is -1.99. The van der Waals surface area contributed by atoms with E-state index in [0.29, 0.717) is 18.9 Å². The monoisotopic (exact) mass is 206 g/mol. The molecule has 2 nitrogen and oxygen atoms in total. The highest BCUT2D eigenvalue weighted by Gasteiger charge is 2.24. The Bertz CT molecular complexity index is 121. The topological polar surface area (TPSA) is 26.3 Å². The van der Waals surface area contributed by atoms with Crippen molar-refractivity contribution >= 4 is 21.9 Å². The summed E-state index contributed by atoms with van der Waals surface area (Å²) < 4.78 is 4.86. The summed E-state index contributed by atoms with van der Waals surface area (Å²) in [7, 11) is 0. The first-order valence-corrected chi connectivity index (χ1v) is 4.66. The molecule has 0 saturated heterocycles. The van der Waals surface area contributed by atoms with Crippen molar-refractivity contribution in [3.8, 4) is 0 Å². The summed E-state index contributed by atoms with van der Waals surface area (Å²) in [6, 6.07) is 0. The Hall–Kier alpha value is -0.0500. The van der Waals surface area contributed by atoms with Gasteiger partial charge in [0, 0.05) is 11.8 Å². The van der Waals surface area contributed by atoms with Crippen LogP contribution in [0, 0.1) is 5.92 Å². The molecule has 0 aromatic heterocycles. The summed E-state index contributed by atoms with van der Waals surface area (Å²) >= 11 is 3.18. The molecule has 1 aliphatic rings. The van der Waals surface area contributed by atoms with Gasteiger partial charge < -0.3 is 4.74 Å². The van der Waals surface area contributed by atoms with Crippen LogP contribution in [0.1, 0.15) is 19.3 Å². The number of hydrogen-bond acceptors (Lipinski definition) is 2. The predicted molar refractivity (Wildman–Crippen MR) is 42.1 cm³/mol. The molecule has 58 valence electrons. The molecule has 1 saturated carbocycles. The fourth-order valence-electron chi connectivity index (χ4n) is 0.769. The van der Waals surface area contributed by atoms with E-state index in [1.807, 2.05) is 0 Å². The highest BCUT2D eigenvalue weighted by molar-refractivity contribution is 9.09. The molecule has 0 bridgehead atoms. The number of halogens is 1. The lowest BCUT2D eigenvalue weighted by molar-refractivity contribution is -0.143. The Morgan fingerprint density at radius 2 is 2.30 bits per heavy atom. The minimum Gasteiger partial charge on any atom is -0.465 e. The van der Waals surface area contributed by atoms with Gasteiger partial charge >= 0.3 is 5.97 Å². The third kappa shape index (κ3) is 3.20. The minimum atomic E-state index is -0.0399. The Morgan fingerprint density at radius 1 is 1.60 bits per heavy atom. The molecule has 0 heterocycles. The molecule has 0 spiro atoms. The minimum absolute atomic E-state index is 0.0399. The number of esters is 1. The Labute approximate surface area is 69.1 Å². The van der Waals surface area contributed by atoms with Gasteiger partial charge in [0.1, 0.15) is 6.61 Å². The fraction of sp³-hybridized carbons (Fsp3) is 0.857. The first-order chi connectivity index (χ1) is 4.83. The molecule has 10 heavy (non-hydrogen) atoms. The van der Waals surface area contributed by atoms with Gasteiger partial charge in [0.15, 0.2) is 0 Å². The highest BCUT2D eigenvalue weighted by Crippen LogP contribution is 2.32. The van der Waals surface area contributed by atoms with Gasteiger partial charge in [-0.05, 0) is 18.8 Å². The molecule has 1 aliphatic carbocycles. The van der Waals surface area contributed by atoms with Crippen molar-refractivity contribution in [3.63, 3.8) is 0 Å². The van der Waals surface area contributed by atoms with Gasteiger partial charge in [-0.25, -0.2) is 0 Å². The number of alkyl halides is 1. The summed E-state index contributed by atoms with van der Waals surface area (Å²) in [4.78, 5) is 10.8. The standard InChI is InChI=1S/C7H11BrO2/c8-3-4-10-7(9)5-6-1-2-6/h6H,1-5H2. The second-order valence-corrected chi connectivity index (χ2v) is 3.35. The van der Waals surface area contributed by atoms with Crippen LogP contribution in [0.15, 0.2) is 0 Å².